The van der Waals surface area contributed by atoms with Crippen LogP contribution < -0.4 is 10.6 Å². The molecule has 3 aromatic rings. The van der Waals surface area contributed by atoms with E-state index in [1.165, 1.54) is 12.5 Å². The molecule has 3 rings (SSSR count). The van der Waals surface area contributed by atoms with E-state index in [1.807, 2.05) is 24.3 Å². The highest BCUT2D eigenvalue weighted by Gasteiger charge is 2.09. The Morgan fingerprint density at radius 2 is 1.75 bits per heavy atom. The fourth-order valence-electron chi connectivity index (χ4n) is 2.85. The van der Waals surface area contributed by atoms with E-state index in [0.29, 0.717) is 16.9 Å². The molecule has 1 amide bonds. The number of rotatable bonds is 8. The molecule has 1 aromatic heterocycles. The molecule has 0 saturated heterocycles. The van der Waals surface area contributed by atoms with Crippen molar-refractivity contribution >= 4 is 23.1 Å². The molecule has 0 aliphatic rings. The Morgan fingerprint density at radius 1 is 0.929 bits per heavy atom. The quantitative estimate of drug-likeness (QED) is 0.448. The molecule has 0 aliphatic carbocycles. The Labute approximate surface area is 164 Å². The lowest BCUT2D eigenvalue weighted by Gasteiger charge is -2.09. The molecule has 28 heavy (non-hydrogen) atoms. The average molecular weight is 373 g/mol. The summed E-state index contributed by atoms with van der Waals surface area (Å²) in [5, 5.41) is 6.12. The summed E-state index contributed by atoms with van der Waals surface area (Å²) in [4.78, 5) is 28.1. The molecule has 0 fully saturated rings. The number of benzene rings is 2. The highest BCUT2D eigenvalue weighted by atomic mass is 16.2. The summed E-state index contributed by atoms with van der Waals surface area (Å²) in [5.74, 6) is -0.357. The third-order valence-corrected chi connectivity index (χ3v) is 4.33. The molecule has 0 spiro atoms. The van der Waals surface area contributed by atoms with Crippen molar-refractivity contribution in [3.05, 3.63) is 89.7 Å². The number of carbonyl (C=O) groups is 2. The highest BCUT2D eigenvalue weighted by molar-refractivity contribution is 6.04. The van der Waals surface area contributed by atoms with E-state index in [-0.39, 0.29) is 11.7 Å². The molecule has 0 radical (unpaired) electrons. The standard InChI is InChI=1S/C23H23N3O2/c1-17(27)19-10-5-11-21(15-19)26-23(28)22-16-20(12-14-25-22)24-13-6-9-18-7-3-2-4-8-18/h2-5,7-8,10-12,14-16H,6,9,13H2,1H3,(H,24,25)(H,26,28). The van der Waals surface area contributed by atoms with Crippen molar-refractivity contribution in [2.75, 3.05) is 17.2 Å². The van der Waals surface area contributed by atoms with Crippen LogP contribution in [0.2, 0.25) is 0 Å². The van der Waals surface area contributed by atoms with E-state index in [4.69, 9.17) is 0 Å². The third-order valence-electron chi connectivity index (χ3n) is 4.33. The number of hydrogen-bond acceptors (Lipinski definition) is 4. The number of amides is 1. The first kappa shape index (κ1) is 19.3. The van der Waals surface area contributed by atoms with Gasteiger partial charge in [0.1, 0.15) is 5.69 Å². The lowest BCUT2D eigenvalue weighted by Crippen LogP contribution is -2.14. The summed E-state index contributed by atoms with van der Waals surface area (Å²) >= 11 is 0. The van der Waals surface area contributed by atoms with E-state index in [0.717, 1.165) is 25.1 Å². The van der Waals surface area contributed by atoms with Gasteiger partial charge in [0.05, 0.1) is 0 Å². The van der Waals surface area contributed by atoms with Gasteiger partial charge in [0.25, 0.3) is 5.91 Å². The van der Waals surface area contributed by atoms with Crippen molar-refractivity contribution in [1.29, 1.82) is 0 Å². The zero-order chi connectivity index (χ0) is 19.8. The molecular weight excluding hydrogens is 350 g/mol. The van der Waals surface area contributed by atoms with Crippen molar-refractivity contribution in [2.45, 2.75) is 19.8 Å². The fraction of sp³-hybridized carbons (Fsp3) is 0.174. The molecule has 1 heterocycles. The Morgan fingerprint density at radius 3 is 2.54 bits per heavy atom. The molecule has 0 saturated carbocycles. The van der Waals surface area contributed by atoms with Crippen LogP contribution in [0.5, 0.6) is 0 Å². The topological polar surface area (TPSA) is 71.1 Å². The van der Waals surface area contributed by atoms with Gasteiger partial charge in [-0.1, -0.05) is 42.5 Å². The number of Topliss-reactive ketones (excluding diaryl/α,β-unsaturated/α-hetero) is 1. The molecule has 0 unspecified atom stereocenters. The average Bonchev–Trinajstić information content (AvgIpc) is 2.72. The minimum absolute atomic E-state index is 0.0454. The molecule has 2 aromatic carbocycles. The van der Waals surface area contributed by atoms with E-state index in [9.17, 15) is 9.59 Å². The predicted octanol–water partition coefficient (Wildman–Crippen LogP) is 4.58. The molecule has 142 valence electrons. The monoisotopic (exact) mass is 373 g/mol. The maximum Gasteiger partial charge on any atom is 0.274 e. The molecule has 0 aliphatic heterocycles. The fourth-order valence-corrected chi connectivity index (χ4v) is 2.85. The summed E-state index contributed by atoms with van der Waals surface area (Å²) in [6.45, 7) is 2.30. The lowest BCUT2D eigenvalue weighted by atomic mass is 10.1. The van der Waals surface area contributed by atoms with E-state index >= 15 is 0 Å². The number of nitrogens with one attached hydrogen (secondary N) is 2. The minimum Gasteiger partial charge on any atom is -0.385 e. The number of aromatic nitrogens is 1. The first-order valence-electron chi connectivity index (χ1n) is 9.28. The van der Waals surface area contributed by atoms with Crippen molar-refractivity contribution in [2.24, 2.45) is 0 Å². The van der Waals surface area contributed by atoms with E-state index in [2.05, 4.69) is 27.8 Å². The number of ketones is 1. The Bertz CT molecular complexity index is 955. The van der Waals surface area contributed by atoms with Gasteiger partial charge in [0.2, 0.25) is 0 Å². The normalized spacial score (nSPS) is 10.3. The maximum atomic E-state index is 12.5. The number of carbonyl (C=O) groups excluding carboxylic acids is 2. The molecule has 5 nitrogen and oxygen atoms in total. The van der Waals surface area contributed by atoms with Gasteiger partial charge in [-0.15, -0.1) is 0 Å². The number of hydrogen-bond donors (Lipinski definition) is 2. The molecule has 0 bridgehead atoms. The summed E-state index contributed by atoms with van der Waals surface area (Å²) in [6.07, 6.45) is 3.60. The second kappa shape index (κ2) is 9.46. The summed E-state index contributed by atoms with van der Waals surface area (Å²) in [7, 11) is 0. The molecular formula is C23H23N3O2. The molecule has 0 atom stereocenters. The second-order valence-corrected chi connectivity index (χ2v) is 6.54. The number of anilines is 2. The van der Waals surface area contributed by atoms with Gasteiger partial charge < -0.3 is 10.6 Å². The number of pyridine rings is 1. The van der Waals surface area contributed by atoms with Crippen molar-refractivity contribution in [1.82, 2.24) is 4.98 Å². The maximum absolute atomic E-state index is 12.5. The van der Waals surface area contributed by atoms with Crippen LogP contribution in [0.25, 0.3) is 0 Å². The zero-order valence-corrected chi connectivity index (χ0v) is 15.8. The lowest BCUT2D eigenvalue weighted by molar-refractivity contribution is 0.100. The van der Waals surface area contributed by atoms with Gasteiger partial charge in [0.15, 0.2) is 5.78 Å². The number of aryl methyl sites for hydroxylation is 1. The molecule has 2 N–H and O–H groups in total. The van der Waals surface area contributed by atoms with Crippen LogP contribution in [0.1, 0.15) is 39.8 Å². The minimum atomic E-state index is -0.311. The van der Waals surface area contributed by atoms with Gasteiger partial charge in [-0.25, -0.2) is 0 Å². The van der Waals surface area contributed by atoms with Crippen LogP contribution in [-0.4, -0.2) is 23.2 Å². The van der Waals surface area contributed by atoms with Crippen LogP contribution >= 0.6 is 0 Å². The van der Waals surface area contributed by atoms with Gasteiger partial charge >= 0.3 is 0 Å². The van der Waals surface area contributed by atoms with E-state index < -0.39 is 0 Å². The van der Waals surface area contributed by atoms with Crippen LogP contribution in [-0.2, 0) is 6.42 Å². The predicted molar refractivity (Wildman–Crippen MR) is 112 cm³/mol. The Hall–Kier alpha value is -3.47. The van der Waals surface area contributed by atoms with Crippen molar-refractivity contribution in [3.63, 3.8) is 0 Å². The van der Waals surface area contributed by atoms with Gasteiger partial charge in [-0.05, 0) is 49.6 Å². The SMILES string of the molecule is CC(=O)c1cccc(NC(=O)c2cc(NCCCc3ccccc3)ccn2)c1. The first-order valence-corrected chi connectivity index (χ1v) is 9.28. The zero-order valence-electron chi connectivity index (χ0n) is 15.8. The van der Waals surface area contributed by atoms with Crippen LogP contribution in [0, 0.1) is 0 Å². The van der Waals surface area contributed by atoms with Gasteiger partial charge in [0, 0.05) is 29.7 Å². The summed E-state index contributed by atoms with van der Waals surface area (Å²) in [6, 6.07) is 20.8. The van der Waals surface area contributed by atoms with Gasteiger partial charge in [-0.3, -0.25) is 14.6 Å². The van der Waals surface area contributed by atoms with Gasteiger partial charge in [-0.2, -0.15) is 0 Å². The summed E-state index contributed by atoms with van der Waals surface area (Å²) < 4.78 is 0. The second-order valence-electron chi connectivity index (χ2n) is 6.54. The van der Waals surface area contributed by atoms with Crippen molar-refractivity contribution < 1.29 is 9.59 Å². The Kier molecular flexibility index (Phi) is 6.52. The third kappa shape index (κ3) is 5.51. The first-order chi connectivity index (χ1) is 13.6. The van der Waals surface area contributed by atoms with Crippen LogP contribution in [0.4, 0.5) is 11.4 Å². The van der Waals surface area contributed by atoms with Crippen molar-refractivity contribution in [3.8, 4) is 0 Å². The Balaban J connectivity index is 1.55. The smallest absolute Gasteiger partial charge is 0.274 e. The highest BCUT2D eigenvalue weighted by Crippen LogP contribution is 2.14. The van der Waals surface area contributed by atoms with Crippen LogP contribution in [0.3, 0.4) is 0 Å². The largest absolute Gasteiger partial charge is 0.385 e. The van der Waals surface area contributed by atoms with E-state index in [1.54, 1.807) is 36.5 Å². The van der Waals surface area contributed by atoms with Crippen LogP contribution in [0.15, 0.2) is 72.9 Å². The number of nitrogens with zero attached hydrogens (tertiary/aromatic N) is 1. The summed E-state index contributed by atoms with van der Waals surface area (Å²) in [5.41, 5.74) is 3.61. The molecule has 5 heteroatoms.